The number of aliphatic carboxylic acids is 1. The van der Waals surface area contributed by atoms with Crippen molar-refractivity contribution in [2.24, 2.45) is 11.8 Å². The van der Waals surface area contributed by atoms with Crippen molar-refractivity contribution in [3.8, 4) is 0 Å². The van der Waals surface area contributed by atoms with Crippen molar-refractivity contribution in [3.05, 3.63) is 48.1 Å². The summed E-state index contributed by atoms with van der Waals surface area (Å²) in [5, 5.41) is 29.5. The van der Waals surface area contributed by atoms with Crippen LogP contribution in [-0.2, 0) is 16.0 Å². The number of aryl methyl sites for hydroxylation is 1. The van der Waals surface area contributed by atoms with Gasteiger partial charge in [0.05, 0.1) is 31.3 Å². The Morgan fingerprint density at radius 1 is 1.25 bits per heavy atom. The lowest BCUT2D eigenvalue weighted by Crippen LogP contribution is -2.24. The number of carboxylic acids is 1. The summed E-state index contributed by atoms with van der Waals surface area (Å²) in [7, 11) is 1.61. The van der Waals surface area contributed by atoms with E-state index < -0.39 is 18.2 Å². The molecule has 0 aliphatic heterocycles. The third-order valence-corrected chi connectivity index (χ3v) is 5.31. The second-order valence-corrected chi connectivity index (χ2v) is 7.34. The number of furan rings is 1. The number of aliphatic hydroxyl groups excluding tert-OH is 2. The van der Waals surface area contributed by atoms with Gasteiger partial charge in [0.15, 0.2) is 0 Å². The predicted molar refractivity (Wildman–Crippen MR) is 106 cm³/mol. The minimum Gasteiger partial charge on any atom is -0.501 e. The van der Waals surface area contributed by atoms with Crippen LogP contribution in [-0.4, -0.2) is 40.6 Å². The molecule has 0 aromatic carbocycles. The smallest absolute Gasteiger partial charge is 0.303 e. The van der Waals surface area contributed by atoms with Crippen LogP contribution in [0.3, 0.4) is 0 Å². The molecular weight excluding hydrogens is 360 g/mol. The van der Waals surface area contributed by atoms with Crippen LogP contribution in [0.4, 0.5) is 0 Å². The summed E-state index contributed by atoms with van der Waals surface area (Å²) >= 11 is 0. The average Bonchev–Trinajstić information content (AvgIpc) is 3.26. The number of hydrogen-bond acceptors (Lipinski definition) is 5. The van der Waals surface area contributed by atoms with Gasteiger partial charge in [-0.3, -0.25) is 4.79 Å². The van der Waals surface area contributed by atoms with E-state index in [0.29, 0.717) is 25.7 Å². The Hall–Kier alpha value is -2.05. The van der Waals surface area contributed by atoms with Crippen molar-refractivity contribution >= 4 is 5.97 Å². The van der Waals surface area contributed by atoms with Crippen LogP contribution in [0.15, 0.2) is 46.8 Å². The molecule has 1 aromatic heterocycles. The Kier molecular flexibility index (Phi) is 9.31. The lowest BCUT2D eigenvalue weighted by Gasteiger charge is -2.24. The van der Waals surface area contributed by atoms with Crippen LogP contribution in [0.25, 0.3) is 0 Å². The van der Waals surface area contributed by atoms with E-state index in [4.69, 9.17) is 14.3 Å². The molecule has 1 aliphatic carbocycles. The minimum atomic E-state index is -0.787. The SMILES string of the molecule is CO/C(=C/CCCc1ccco1)C1C(C/C=C\CCCC(=O)O)[C@H](O)C[C@@H]1O. The lowest BCUT2D eigenvalue weighted by atomic mass is 9.88. The molecule has 1 heterocycles. The molecule has 0 radical (unpaired) electrons. The fourth-order valence-electron chi connectivity index (χ4n) is 3.87. The summed E-state index contributed by atoms with van der Waals surface area (Å²) in [5.41, 5.74) is 0. The van der Waals surface area contributed by atoms with Gasteiger partial charge in [0.1, 0.15) is 5.76 Å². The summed E-state index contributed by atoms with van der Waals surface area (Å²) in [4.78, 5) is 10.5. The second kappa shape index (κ2) is 11.7. The number of methoxy groups -OCH3 is 1. The number of aliphatic hydroxyl groups is 2. The van der Waals surface area contributed by atoms with E-state index in [1.165, 1.54) is 0 Å². The minimum absolute atomic E-state index is 0.109. The van der Waals surface area contributed by atoms with Crippen LogP contribution >= 0.6 is 0 Å². The highest BCUT2D eigenvalue weighted by Gasteiger charge is 2.43. The zero-order chi connectivity index (χ0) is 20.4. The number of carbonyl (C=O) groups is 1. The maximum atomic E-state index is 10.5. The predicted octanol–water partition coefficient (Wildman–Crippen LogP) is 3.69. The van der Waals surface area contributed by atoms with Gasteiger partial charge in [-0.25, -0.2) is 0 Å². The maximum absolute atomic E-state index is 10.5. The quantitative estimate of drug-likeness (QED) is 0.285. The first kappa shape index (κ1) is 22.2. The van der Waals surface area contributed by atoms with Gasteiger partial charge < -0.3 is 24.5 Å². The van der Waals surface area contributed by atoms with E-state index in [1.807, 2.05) is 30.4 Å². The first-order valence-corrected chi connectivity index (χ1v) is 10.0. The third kappa shape index (κ3) is 6.84. The van der Waals surface area contributed by atoms with Gasteiger partial charge in [-0.1, -0.05) is 12.2 Å². The molecule has 28 heavy (non-hydrogen) atoms. The number of allylic oxidation sites excluding steroid dienone is 3. The van der Waals surface area contributed by atoms with E-state index in [2.05, 4.69) is 0 Å². The Labute approximate surface area is 166 Å². The largest absolute Gasteiger partial charge is 0.501 e. The molecule has 0 spiro atoms. The molecule has 2 rings (SSSR count). The van der Waals surface area contributed by atoms with E-state index in [1.54, 1.807) is 13.4 Å². The van der Waals surface area contributed by atoms with Crippen molar-refractivity contribution < 1.29 is 29.3 Å². The fourth-order valence-corrected chi connectivity index (χ4v) is 3.87. The van der Waals surface area contributed by atoms with E-state index in [0.717, 1.165) is 30.8 Å². The highest BCUT2D eigenvalue weighted by Crippen LogP contribution is 2.40. The van der Waals surface area contributed by atoms with Crippen molar-refractivity contribution in [1.29, 1.82) is 0 Å². The molecule has 6 nitrogen and oxygen atoms in total. The first-order valence-electron chi connectivity index (χ1n) is 10.0. The molecule has 0 amide bonds. The van der Waals surface area contributed by atoms with Gasteiger partial charge in [0.25, 0.3) is 0 Å². The Bertz CT molecular complexity index is 633. The van der Waals surface area contributed by atoms with Crippen LogP contribution < -0.4 is 0 Å². The number of rotatable bonds is 12. The van der Waals surface area contributed by atoms with Crippen LogP contribution in [0.1, 0.15) is 50.7 Å². The van der Waals surface area contributed by atoms with Crippen molar-refractivity contribution in [2.75, 3.05) is 7.11 Å². The normalized spacial score (nSPS) is 25.5. The molecule has 1 aliphatic rings. The topological polar surface area (TPSA) is 100 Å². The van der Waals surface area contributed by atoms with Gasteiger partial charge in [0.2, 0.25) is 0 Å². The van der Waals surface area contributed by atoms with Crippen molar-refractivity contribution in [3.63, 3.8) is 0 Å². The van der Waals surface area contributed by atoms with Gasteiger partial charge >= 0.3 is 5.97 Å². The first-order chi connectivity index (χ1) is 13.5. The summed E-state index contributed by atoms with van der Waals surface area (Å²) in [6.07, 6.45) is 11.4. The van der Waals surface area contributed by atoms with Crippen LogP contribution in [0.5, 0.6) is 0 Å². The zero-order valence-electron chi connectivity index (χ0n) is 16.5. The third-order valence-electron chi connectivity index (χ3n) is 5.31. The molecule has 1 aromatic rings. The molecule has 2 unspecified atom stereocenters. The molecule has 1 fully saturated rings. The number of hydrogen-bond donors (Lipinski definition) is 3. The molecule has 4 atom stereocenters. The van der Waals surface area contributed by atoms with Crippen molar-refractivity contribution in [2.45, 2.75) is 63.6 Å². The molecule has 0 bridgehead atoms. The molecule has 1 saturated carbocycles. The number of carboxylic acid groups (broad SMARTS) is 1. The van der Waals surface area contributed by atoms with Crippen LogP contribution in [0, 0.1) is 11.8 Å². The van der Waals surface area contributed by atoms with Crippen molar-refractivity contribution in [1.82, 2.24) is 0 Å². The number of ether oxygens (including phenoxy) is 1. The monoisotopic (exact) mass is 392 g/mol. The van der Waals surface area contributed by atoms with Gasteiger partial charge in [-0.2, -0.15) is 0 Å². The molecule has 156 valence electrons. The molecule has 3 N–H and O–H groups in total. The molecule has 0 saturated heterocycles. The molecular formula is C22H32O6. The van der Waals surface area contributed by atoms with E-state index in [-0.39, 0.29) is 18.3 Å². The van der Waals surface area contributed by atoms with Gasteiger partial charge in [0, 0.05) is 31.1 Å². The molecule has 6 heteroatoms. The Morgan fingerprint density at radius 3 is 2.75 bits per heavy atom. The summed E-state index contributed by atoms with van der Waals surface area (Å²) in [6, 6.07) is 3.83. The van der Waals surface area contributed by atoms with Gasteiger partial charge in [-0.15, -0.1) is 0 Å². The fraction of sp³-hybridized carbons (Fsp3) is 0.591. The standard InChI is InChI=1S/C22H32O6/c1-27-20(12-7-6-9-16-10-8-14-28-16)22-17(18(23)15-19(22)24)11-4-2-3-5-13-21(25)26/h2,4,8,10,12,14,17-19,22-24H,3,5-7,9,11,13,15H2,1H3,(H,25,26)/b4-2-,20-12+/t17?,18-,19+,22?/m1/s1. The van der Waals surface area contributed by atoms with Gasteiger partial charge in [-0.05, 0) is 50.3 Å². The van der Waals surface area contributed by atoms with Crippen LogP contribution in [0.2, 0.25) is 0 Å². The summed E-state index contributed by atoms with van der Waals surface area (Å²) in [5.74, 6) is 0.557. The Balaban J connectivity index is 1.89. The average molecular weight is 392 g/mol. The summed E-state index contributed by atoms with van der Waals surface area (Å²) < 4.78 is 10.9. The second-order valence-electron chi connectivity index (χ2n) is 7.34. The Morgan fingerprint density at radius 2 is 2.07 bits per heavy atom. The van der Waals surface area contributed by atoms with E-state index >= 15 is 0 Å². The highest BCUT2D eigenvalue weighted by molar-refractivity contribution is 5.66. The zero-order valence-corrected chi connectivity index (χ0v) is 16.5. The summed E-state index contributed by atoms with van der Waals surface area (Å²) in [6.45, 7) is 0. The maximum Gasteiger partial charge on any atom is 0.303 e. The lowest BCUT2D eigenvalue weighted by molar-refractivity contribution is -0.137. The highest BCUT2D eigenvalue weighted by atomic mass is 16.5. The number of unbranched alkanes of at least 4 members (excludes halogenated alkanes) is 2. The van der Waals surface area contributed by atoms with E-state index in [9.17, 15) is 15.0 Å².